The Morgan fingerprint density at radius 3 is 2.68 bits per heavy atom. The van der Waals surface area contributed by atoms with Gasteiger partial charge in [0.05, 0.1) is 23.3 Å². The molecule has 1 aromatic heterocycles. The lowest BCUT2D eigenvalue weighted by Gasteiger charge is -2.57. The second-order valence-electron chi connectivity index (χ2n) is 9.20. The maximum atomic E-state index is 12.8. The number of rotatable bonds is 2. The second-order valence-corrected chi connectivity index (χ2v) is 9.20. The van der Waals surface area contributed by atoms with E-state index in [0.717, 1.165) is 32.1 Å². The van der Waals surface area contributed by atoms with Crippen LogP contribution in [0.1, 0.15) is 50.1 Å². The first-order chi connectivity index (χ1) is 13.4. The zero-order valence-electron chi connectivity index (χ0n) is 15.8. The van der Waals surface area contributed by atoms with E-state index in [0.29, 0.717) is 31.0 Å². The lowest BCUT2D eigenvalue weighted by Crippen LogP contribution is -2.58. The molecule has 1 amide bonds. The first kappa shape index (κ1) is 17.7. The summed E-state index contributed by atoms with van der Waals surface area (Å²) < 4.78 is 7.56. The molecule has 3 atom stereocenters. The van der Waals surface area contributed by atoms with Crippen LogP contribution in [-0.4, -0.2) is 45.5 Å². The number of carbonyl (C=O) groups is 1. The fourth-order valence-corrected chi connectivity index (χ4v) is 6.31. The van der Waals surface area contributed by atoms with Gasteiger partial charge in [-0.05, 0) is 62.3 Å². The summed E-state index contributed by atoms with van der Waals surface area (Å²) in [6.45, 7) is 1.00. The number of pyridine rings is 1. The van der Waals surface area contributed by atoms with Gasteiger partial charge in [0, 0.05) is 25.4 Å². The standard InChI is InChI=1S/C21H25N3O4/c22-11-13-1-4-24(18(25)7-13)17-2-3-23(12-17)20(26)28-19-15-5-14-6-16(19)10-21(27,8-14)9-15/h1,4,7,14-17,19,27H,2-3,5-6,8-10,12H2/t14?,15-,16-,17+,19?,21?/m0/s1. The molecule has 0 unspecified atom stereocenters. The highest BCUT2D eigenvalue weighted by atomic mass is 16.6. The highest BCUT2D eigenvalue weighted by Crippen LogP contribution is 2.56. The van der Waals surface area contributed by atoms with Crippen molar-refractivity contribution in [3.05, 3.63) is 34.2 Å². The Bertz CT molecular complexity index is 888. The fourth-order valence-electron chi connectivity index (χ4n) is 6.31. The first-order valence-corrected chi connectivity index (χ1v) is 10.2. The molecule has 2 heterocycles. The van der Waals surface area contributed by atoms with E-state index >= 15 is 0 Å². The highest BCUT2D eigenvalue weighted by molar-refractivity contribution is 5.68. The first-order valence-electron chi connectivity index (χ1n) is 10.2. The molecule has 5 fully saturated rings. The number of nitrogens with zero attached hydrogens (tertiary/aromatic N) is 3. The number of carbonyl (C=O) groups excluding carboxylic acids is 1. The summed E-state index contributed by atoms with van der Waals surface area (Å²) in [4.78, 5) is 26.7. The molecular weight excluding hydrogens is 358 g/mol. The van der Waals surface area contributed by atoms with E-state index in [9.17, 15) is 14.7 Å². The zero-order chi connectivity index (χ0) is 19.5. The largest absolute Gasteiger partial charge is 0.446 e. The predicted octanol–water partition coefficient (Wildman–Crippen LogP) is 2.04. The molecule has 1 aromatic rings. The van der Waals surface area contributed by atoms with Crippen molar-refractivity contribution in [2.24, 2.45) is 17.8 Å². The molecule has 1 aliphatic heterocycles. The van der Waals surface area contributed by atoms with Gasteiger partial charge in [0.15, 0.2) is 0 Å². The molecule has 28 heavy (non-hydrogen) atoms. The van der Waals surface area contributed by atoms with Crippen LogP contribution in [0.25, 0.3) is 0 Å². The Balaban J connectivity index is 1.24. The third-order valence-corrected chi connectivity index (χ3v) is 7.28. The monoisotopic (exact) mass is 383 g/mol. The summed E-state index contributed by atoms with van der Waals surface area (Å²) in [6, 6.07) is 4.84. The Hall–Kier alpha value is -2.33. The van der Waals surface area contributed by atoms with Crippen LogP contribution in [0.5, 0.6) is 0 Å². The van der Waals surface area contributed by atoms with Crippen molar-refractivity contribution in [2.45, 2.75) is 56.3 Å². The van der Waals surface area contributed by atoms with Crippen molar-refractivity contribution in [1.82, 2.24) is 9.47 Å². The normalized spacial score (nSPS) is 38.4. The molecular formula is C21H25N3O4. The Kier molecular flexibility index (Phi) is 4.02. The summed E-state index contributed by atoms with van der Waals surface area (Å²) >= 11 is 0. The predicted molar refractivity (Wildman–Crippen MR) is 99.4 cm³/mol. The van der Waals surface area contributed by atoms with Gasteiger partial charge in [-0.25, -0.2) is 4.79 Å². The van der Waals surface area contributed by atoms with Crippen molar-refractivity contribution < 1.29 is 14.6 Å². The van der Waals surface area contributed by atoms with Gasteiger partial charge in [0.25, 0.3) is 5.56 Å². The number of ether oxygens (including phenoxy) is 1. The topological polar surface area (TPSA) is 95.6 Å². The van der Waals surface area contributed by atoms with Crippen LogP contribution in [0.4, 0.5) is 4.79 Å². The van der Waals surface area contributed by atoms with Crippen LogP contribution >= 0.6 is 0 Å². The maximum Gasteiger partial charge on any atom is 0.410 e. The third-order valence-electron chi connectivity index (χ3n) is 7.28. The van der Waals surface area contributed by atoms with E-state index < -0.39 is 5.60 Å². The quantitative estimate of drug-likeness (QED) is 0.843. The van der Waals surface area contributed by atoms with Gasteiger partial charge in [0.2, 0.25) is 0 Å². The molecule has 4 aliphatic carbocycles. The molecule has 0 radical (unpaired) electrons. The van der Waals surface area contributed by atoms with Crippen molar-refractivity contribution in [1.29, 1.82) is 5.26 Å². The van der Waals surface area contributed by atoms with Crippen molar-refractivity contribution in [2.75, 3.05) is 13.1 Å². The van der Waals surface area contributed by atoms with E-state index in [1.54, 1.807) is 21.7 Å². The van der Waals surface area contributed by atoms with E-state index in [1.807, 2.05) is 6.07 Å². The molecule has 4 saturated carbocycles. The van der Waals surface area contributed by atoms with E-state index in [-0.39, 0.29) is 35.6 Å². The molecule has 0 aromatic carbocycles. The van der Waals surface area contributed by atoms with Crippen LogP contribution in [0.15, 0.2) is 23.1 Å². The summed E-state index contributed by atoms with van der Waals surface area (Å²) in [6.07, 6.45) is 6.48. The number of hydrogen-bond acceptors (Lipinski definition) is 5. The Morgan fingerprint density at radius 1 is 1.29 bits per heavy atom. The van der Waals surface area contributed by atoms with Gasteiger partial charge in [-0.15, -0.1) is 0 Å². The Morgan fingerprint density at radius 2 is 2.04 bits per heavy atom. The van der Waals surface area contributed by atoms with Gasteiger partial charge >= 0.3 is 6.09 Å². The summed E-state index contributed by atoms with van der Waals surface area (Å²) in [5, 5.41) is 19.6. The van der Waals surface area contributed by atoms with E-state index in [1.165, 1.54) is 6.07 Å². The van der Waals surface area contributed by atoms with Crippen LogP contribution in [-0.2, 0) is 4.74 Å². The number of nitriles is 1. The minimum absolute atomic E-state index is 0.0824. The van der Waals surface area contributed by atoms with Crippen molar-refractivity contribution in [3.8, 4) is 6.07 Å². The van der Waals surface area contributed by atoms with Crippen LogP contribution in [0, 0.1) is 29.1 Å². The number of aliphatic hydroxyl groups is 1. The van der Waals surface area contributed by atoms with Crippen LogP contribution in [0.3, 0.4) is 0 Å². The highest BCUT2D eigenvalue weighted by Gasteiger charge is 2.56. The second kappa shape index (κ2) is 6.35. The maximum absolute atomic E-state index is 12.8. The summed E-state index contributed by atoms with van der Waals surface area (Å²) in [5.74, 6) is 1.14. The van der Waals surface area contributed by atoms with Crippen LogP contribution in [0.2, 0.25) is 0 Å². The van der Waals surface area contributed by atoms with Gasteiger partial charge in [0.1, 0.15) is 6.10 Å². The van der Waals surface area contributed by atoms with Gasteiger partial charge < -0.3 is 19.3 Å². The average Bonchev–Trinajstić information content (AvgIpc) is 3.13. The molecule has 148 valence electrons. The van der Waals surface area contributed by atoms with Crippen molar-refractivity contribution >= 4 is 6.09 Å². The molecule has 1 saturated heterocycles. The molecule has 6 rings (SSSR count). The smallest absolute Gasteiger partial charge is 0.410 e. The molecule has 4 bridgehead atoms. The van der Waals surface area contributed by atoms with E-state index in [2.05, 4.69) is 0 Å². The lowest BCUT2D eigenvalue weighted by molar-refractivity contribution is -0.177. The number of likely N-dealkylation sites (tertiary alicyclic amines) is 1. The fraction of sp³-hybridized carbons (Fsp3) is 0.667. The molecule has 7 heteroatoms. The zero-order valence-corrected chi connectivity index (χ0v) is 15.8. The third kappa shape index (κ3) is 2.91. The minimum atomic E-state index is -0.533. The molecule has 5 aliphatic rings. The molecule has 1 N–H and O–H groups in total. The van der Waals surface area contributed by atoms with Gasteiger partial charge in [-0.2, -0.15) is 5.26 Å². The minimum Gasteiger partial charge on any atom is -0.446 e. The lowest BCUT2D eigenvalue weighted by atomic mass is 9.53. The molecule has 0 spiro atoms. The van der Waals surface area contributed by atoms with E-state index in [4.69, 9.17) is 10.00 Å². The van der Waals surface area contributed by atoms with Gasteiger partial charge in [-0.3, -0.25) is 4.79 Å². The van der Waals surface area contributed by atoms with Gasteiger partial charge in [-0.1, -0.05) is 0 Å². The molecule has 7 nitrogen and oxygen atoms in total. The van der Waals surface area contributed by atoms with Crippen molar-refractivity contribution in [3.63, 3.8) is 0 Å². The number of aromatic nitrogens is 1. The van der Waals surface area contributed by atoms with Crippen LogP contribution < -0.4 is 5.56 Å². The Labute approximate surface area is 163 Å². The summed E-state index contributed by atoms with van der Waals surface area (Å²) in [5.41, 5.74) is -0.401. The average molecular weight is 383 g/mol. The number of amides is 1. The SMILES string of the molecule is N#Cc1ccn([C@@H]2CCN(C(=O)OC3[C@H]4CC5C[C@H]3CC(O)(C5)C4)C2)c(=O)c1. The summed E-state index contributed by atoms with van der Waals surface area (Å²) in [7, 11) is 0. The number of hydrogen-bond donors (Lipinski definition) is 1.